The maximum Gasteiger partial charge on any atom is 0.294 e. The van der Waals surface area contributed by atoms with Gasteiger partial charge in [-0.15, -0.1) is 0 Å². The second-order valence-corrected chi connectivity index (χ2v) is 6.81. The van der Waals surface area contributed by atoms with Crippen LogP contribution in [0.25, 0.3) is 10.8 Å². The van der Waals surface area contributed by atoms with Crippen LogP contribution < -0.4 is 15.8 Å². The van der Waals surface area contributed by atoms with E-state index in [9.17, 15) is 13.5 Å². The van der Waals surface area contributed by atoms with Crippen LogP contribution in [0.3, 0.4) is 0 Å². The number of fused-ring (bicyclic) bond motifs is 1. The van der Waals surface area contributed by atoms with E-state index in [4.69, 9.17) is 15.0 Å². The van der Waals surface area contributed by atoms with Gasteiger partial charge in [0.15, 0.2) is 6.73 Å². The molecular weight excluding hydrogens is 344 g/mol. The number of benzene rings is 3. The summed E-state index contributed by atoms with van der Waals surface area (Å²) in [7, 11) is -4.40. The molecule has 3 aromatic rings. The van der Waals surface area contributed by atoms with Crippen molar-refractivity contribution >= 4 is 32.3 Å². The Hall–Kier alpha value is -2.97. The summed E-state index contributed by atoms with van der Waals surface area (Å²) in [4.78, 5) is -0.368. The quantitative estimate of drug-likeness (QED) is 0.313. The molecule has 0 spiro atoms. The second kappa shape index (κ2) is 6.50. The summed E-state index contributed by atoms with van der Waals surface area (Å²) in [6.45, 7) is 0.180. The summed E-state index contributed by atoms with van der Waals surface area (Å²) in [6.07, 6.45) is 0. The number of ether oxygens (including phenoxy) is 1. The molecule has 0 heterocycles. The van der Waals surface area contributed by atoms with Gasteiger partial charge in [0.2, 0.25) is 0 Å². The molecule has 7 nitrogen and oxygen atoms in total. The van der Waals surface area contributed by atoms with E-state index in [-0.39, 0.29) is 17.4 Å². The number of nitrogen functional groups attached to an aromatic ring is 1. The van der Waals surface area contributed by atoms with Crippen molar-refractivity contribution in [1.82, 2.24) is 0 Å². The van der Waals surface area contributed by atoms with E-state index in [2.05, 4.69) is 5.32 Å². The van der Waals surface area contributed by atoms with Gasteiger partial charge in [0.25, 0.3) is 10.1 Å². The molecule has 8 heteroatoms. The zero-order valence-corrected chi connectivity index (χ0v) is 13.8. The van der Waals surface area contributed by atoms with E-state index in [0.29, 0.717) is 27.9 Å². The van der Waals surface area contributed by atoms with Gasteiger partial charge in [0.1, 0.15) is 11.5 Å². The highest BCUT2D eigenvalue weighted by Gasteiger charge is 2.13. The van der Waals surface area contributed by atoms with Crippen molar-refractivity contribution in [1.29, 1.82) is 0 Å². The molecule has 5 N–H and O–H groups in total. The maximum absolute atomic E-state index is 11.3. The number of phenols is 1. The summed E-state index contributed by atoms with van der Waals surface area (Å²) in [6, 6.07) is 14.3. The lowest BCUT2D eigenvalue weighted by molar-refractivity contribution is 0.347. The molecule has 0 radical (unpaired) electrons. The molecule has 0 aliphatic heterocycles. The number of nitrogens with one attached hydrogen (secondary N) is 1. The monoisotopic (exact) mass is 360 g/mol. The maximum atomic E-state index is 11.3. The number of anilines is 2. The minimum Gasteiger partial charge on any atom is -0.507 e. The molecule has 0 unspecified atom stereocenters. The molecular formula is C17H16N2O5S. The van der Waals surface area contributed by atoms with E-state index in [0.717, 1.165) is 6.07 Å². The fourth-order valence-electron chi connectivity index (χ4n) is 2.35. The molecule has 0 atom stereocenters. The average Bonchev–Trinajstić information content (AvgIpc) is 2.55. The largest absolute Gasteiger partial charge is 0.507 e. The summed E-state index contributed by atoms with van der Waals surface area (Å²) >= 11 is 0. The van der Waals surface area contributed by atoms with E-state index in [1.807, 2.05) is 0 Å². The third-order valence-electron chi connectivity index (χ3n) is 3.60. The SMILES string of the molecule is Nc1ccc(OCNc2ccc3c(O)cc(S(=O)(=O)O)cc3c2)cc1. The number of hydrogen-bond donors (Lipinski definition) is 4. The van der Waals surface area contributed by atoms with Gasteiger partial charge in [-0.3, -0.25) is 4.55 Å². The van der Waals surface area contributed by atoms with Crippen LogP contribution in [-0.4, -0.2) is 24.8 Å². The van der Waals surface area contributed by atoms with E-state index in [1.54, 1.807) is 42.5 Å². The Morgan fingerprint density at radius 1 is 1.04 bits per heavy atom. The molecule has 0 aliphatic carbocycles. The molecule has 0 aliphatic rings. The molecule has 3 aromatic carbocycles. The van der Waals surface area contributed by atoms with Crippen LogP contribution in [0.5, 0.6) is 11.5 Å². The van der Waals surface area contributed by atoms with Crippen molar-refractivity contribution in [3.05, 3.63) is 54.6 Å². The summed E-state index contributed by atoms with van der Waals surface area (Å²) in [5.41, 5.74) is 6.91. The molecule has 0 amide bonds. The van der Waals surface area contributed by atoms with E-state index < -0.39 is 10.1 Å². The molecule has 0 fully saturated rings. The van der Waals surface area contributed by atoms with Crippen LogP contribution in [0.2, 0.25) is 0 Å². The number of nitrogens with two attached hydrogens (primary N) is 1. The number of rotatable bonds is 5. The summed E-state index contributed by atoms with van der Waals surface area (Å²) in [5.74, 6) is 0.420. The summed E-state index contributed by atoms with van der Waals surface area (Å²) in [5, 5.41) is 13.9. The third kappa shape index (κ3) is 3.93. The Labute approximate surface area is 144 Å². The first-order valence-electron chi connectivity index (χ1n) is 7.29. The molecule has 130 valence electrons. The lowest BCUT2D eigenvalue weighted by Crippen LogP contribution is -2.08. The average molecular weight is 360 g/mol. The second-order valence-electron chi connectivity index (χ2n) is 5.39. The Kier molecular flexibility index (Phi) is 4.39. The predicted octanol–water partition coefficient (Wildman–Crippen LogP) is 2.82. The van der Waals surface area contributed by atoms with Gasteiger partial charge in [-0.1, -0.05) is 0 Å². The van der Waals surface area contributed by atoms with Gasteiger partial charge in [-0.2, -0.15) is 8.42 Å². The van der Waals surface area contributed by atoms with Crippen LogP contribution in [0, 0.1) is 0 Å². The fraction of sp³-hybridized carbons (Fsp3) is 0.0588. The Morgan fingerprint density at radius 2 is 1.76 bits per heavy atom. The first-order valence-corrected chi connectivity index (χ1v) is 8.73. The fourth-order valence-corrected chi connectivity index (χ4v) is 2.88. The number of aromatic hydroxyl groups is 1. The highest BCUT2D eigenvalue weighted by atomic mass is 32.2. The Bertz CT molecular complexity index is 1020. The van der Waals surface area contributed by atoms with Crippen molar-refractivity contribution in [2.45, 2.75) is 4.90 Å². The van der Waals surface area contributed by atoms with Gasteiger partial charge >= 0.3 is 0 Å². The first-order chi connectivity index (χ1) is 11.8. The molecule has 0 saturated heterocycles. The van der Waals surface area contributed by atoms with Crippen molar-refractivity contribution in [2.24, 2.45) is 0 Å². The predicted molar refractivity (Wildman–Crippen MR) is 95.4 cm³/mol. The van der Waals surface area contributed by atoms with Gasteiger partial charge in [-0.05, 0) is 53.9 Å². The highest BCUT2D eigenvalue weighted by molar-refractivity contribution is 7.85. The molecule has 25 heavy (non-hydrogen) atoms. The van der Waals surface area contributed by atoms with Gasteiger partial charge in [0, 0.05) is 22.8 Å². The molecule has 0 saturated carbocycles. The third-order valence-corrected chi connectivity index (χ3v) is 4.43. The molecule has 3 rings (SSSR count). The summed E-state index contributed by atoms with van der Waals surface area (Å²) < 4.78 is 37.2. The topological polar surface area (TPSA) is 122 Å². The molecule has 0 bridgehead atoms. The van der Waals surface area contributed by atoms with E-state index in [1.165, 1.54) is 6.07 Å². The van der Waals surface area contributed by atoms with Crippen molar-refractivity contribution in [2.75, 3.05) is 17.8 Å². The highest BCUT2D eigenvalue weighted by Crippen LogP contribution is 2.30. The smallest absolute Gasteiger partial charge is 0.294 e. The number of hydrogen-bond acceptors (Lipinski definition) is 6. The zero-order valence-electron chi connectivity index (χ0n) is 13.0. The van der Waals surface area contributed by atoms with Crippen LogP contribution >= 0.6 is 0 Å². The van der Waals surface area contributed by atoms with Crippen molar-refractivity contribution in [3.63, 3.8) is 0 Å². The Morgan fingerprint density at radius 3 is 2.44 bits per heavy atom. The number of phenolic OH excluding ortho intramolecular Hbond substituents is 1. The Balaban J connectivity index is 1.79. The minimum absolute atomic E-state index is 0.180. The molecule has 0 aromatic heterocycles. The van der Waals surface area contributed by atoms with Crippen LogP contribution in [0.4, 0.5) is 11.4 Å². The van der Waals surface area contributed by atoms with Gasteiger partial charge < -0.3 is 20.9 Å². The normalized spacial score (nSPS) is 11.4. The standard InChI is InChI=1S/C17H16N2O5S/c18-12-1-4-14(5-2-12)24-10-19-13-3-6-16-11(7-13)8-15(9-17(16)20)25(21,22)23/h1-9,19-20H,10,18H2,(H,21,22,23). The van der Waals surface area contributed by atoms with Gasteiger partial charge in [0.05, 0.1) is 4.90 Å². The van der Waals surface area contributed by atoms with E-state index >= 15 is 0 Å². The van der Waals surface area contributed by atoms with Crippen LogP contribution in [-0.2, 0) is 10.1 Å². The van der Waals surface area contributed by atoms with Crippen molar-refractivity contribution < 1.29 is 22.8 Å². The van der Waals surface area contributed by atoms with Gasteiger partial charge in [-0.25, -0.2) is 0 Å². The lowest BCUT2D eigenvalue weighted by atomic mass is 10.1. The van der Waals surface area contributed by atoms with Crippen LogP contribution in [0.15, 0.2) is 59.5 Å². The lowest BCUT2D eigenvalue weighted by Gasteiger charge is -2.11. The van der Waals surface area contributed by atoms with Crippen molar-refractivity contribution in [3.8, 4) is 11.5 Å². The zero-order chi connectivity index (χ0) is 18.0. The minimum atomic E-state index is -4.40. The first kappa shape index (κ1) is 16.9. The van der Waals surface area contributed by atoms with Crippen LogP contribution in [0.1, 0.15) is 0 Å².